The highest BCUT2D eigenvalue weighted by molar-refractivity contribution is 7.80. The van der Waals surface area contributed by atoms with Crippen LogP contribution < -0.4 is 15.5 Å². The molecule has 0 radical (unpaired) electrons. The molecule has 0 saturated carbocycles. The number of aromatic carboxylic acids is 1. The van der Waals surface area contributed by atoms with E-state index in [0.29, 0.717) is 11.5 Å². The molecule has 1 aliphatic heterocycles. The SMILES string of the molecule is CCC(=O)Nc1ccc(N2C(=S)NC(c3ccccn3)C2c2cc(C)n(-c3cc(C(=O)O)ccc3C)c2C)cc1C. The second-order valence-corrected chi connectivity index (χ2v) is 10.8. The Morgan fingerprint density at radius 1 is 1.02 bits per heavy atom. The quantitative estimate of drug-likeness (QED) is 0.225. The van der Waals surface area contributed by atoms with Gasteiger partial charge in [-0.05, 0) is 105 Å². The summed E-state index contributed by atoms with van der Waals surface area (Å²) < 4.78 is 2.11. The summed E-state index contributed by atoms with van der Waals surface area (Å²) in [7, 11) is 0. The van der Waals surface area contributed by atoms with Crippen LogP contribution in [0.1, 0.15) is 69.6 Å². The first-order valence-electron chi connectivity index (χ1n) is 13.5. The lowest BCUT2D eigenvalue weighted by molar-refractivity contribution is -0.115. The van der Waals surface area contributed by atoms with Gasteiger partial charge in [0.2, 0.25) is 5.91 Å². The molecule has 9 heteroatoms. The van der Waals surface area contributed by atoms with Crippen molar-refractivity contribution in [2.24, 2.45) is 0 Å². The lowest BCUT2D eigenvalue weighted by Crippen LogP contribution is -2.29. The molecule has 3 N–H and O–H groups in total. The second kappa shape index (κ2) is 11.2. The molecule has 1 saturated heterocycles. The monoisotopic (exact) mass is 567 g/mol. The summed E-state index contributed by atoms with van der Waals surface area (Å²) >= 11 is 5.93. The molecule has 1 amide bonds. The summed E-state index contributed by atoms with van der Waals surface area (Å²) in [5.74, 6) is -1.00. The third-order valence-electron chi connectivity index (χ3n) is 7.67. The van der Waals surface area contributed by atoms with E-state index >= 15 is 0 Å². The van der Waals surface area contributed by atoms with Gasteiger partial charge in [0.05, 0.1) is 23.3 Å². The number of carboxylic acids is 1. The fourth-order valence-electron chi connectivity index (χ4n) is 5.57. The number of pyridine rings is 1. The third kappa shape index (κ3) is 5.20. The van der Waals surface area contributed by atoms with Gasteiger partial charge >= 0.3 is 5.97 Å². The van der Waals surface area contributed by atoms with E-state index in [-0.39, 0.29) is 23.6 Å². The Kier molecular flexibility index (Phi) is 7.64. The zero-order chi connectivity index (χ0) is 29.4. The molecule has 3 heterocycles. The van der Waals surface area contributed by atoms with Crippen molar-refractivity contribution in [2.45, 2.75) is 53.1 Å². The zero-order valence-corrected chi connectivity index (χ0v) is 24.5. The Bertz CT molecular complexity index is 1660. The Morgan fingerprint density at radius 3 is 2.46 bits per heavy atom. The van der Waals surface area contributed by atoms with Crippen LogP contribution in [0.4, 0.5) is 11.4 Å². The molecular weight excluding hydrogens is 534 g/mol. The van der Waals surface area contributed by atoms with Crippen molar-refractivity contribution in [2.75, 3.05) is 10.2 Å². The Labute approximate surface area is 245 Å². The Hall–Kier alpha value is -4.50. The van der Waals surface area contributed by atoms with Crippen LogP contribution in [0.15, 0.2) is 66.9 Å². The second-order valence-electron chi connectivity index (χ2n) is 10.4. The van der Waals surface area contributed by atoms with Gasteiger partial charge in [-0.15, -0.1) is 0 Å². The summed E-state index contributed by atoms with van der Waals surface area (Å²) in [5, 5.41) is 16.7. The number of amides is 1. The normalized spacial score (nSPS) is 16.5. The number of anilines is 2. The van der Waals surface area contributed by atoms with Crippen LogP contribution in [-0.4, -0.2) is 31.6 Å². The van der Waals surface area contributed by atoms with Crippen molar-refractivity contribution in [3.8, 4) is 5.69 Å². The number of nitrogens with zero attached hydrogens (tertiary/aromatic N) is 3. The van der Waals surface area contributed by atoms with Crippen molar-refractivity contribution >= 4 is 40.6 Å². The number of benzene rings is 2. The summed E-state index contributed by atoms with van der Waals surface area (Å²) in [5.41, 5.74) is 8.51. The molecule has 1 fully saturated rings. The van der Waals surface area contributed by atoms with Gasteiger partial charge in [0.25, 0.3) is 0 Å². The van der Waals surface area contributed by atoms with E-state index in [0.717, 1.165) is 50.8 Å². The molecule has 8 nitrogen and oxygen atoms in total. The van der Waals surface area contributed by atoms with Gasteiger partial charge in [-0.25, -0.2) is 4.79 Å². The van der Waals surface area contributed by atoms with Crippen LogP contribution in [0, 0.1) is 27.7 Å². The number of aromatic nitrogens is 2. The molecule has 210 valence electrons. The number of thiocarbonyl (C=S) groups is 1. The van der Waals surface area contributed by atoms with Gasteiger partial charge in [-0.1, -0.05) is 19.1 Å². The van der Waals surface area contributed by atoms with Crippen molar-refractivity contribution in [3.05, 3.63) is 106 Å². The highest BCUT2D eigenvalue weighted by Crippen LogP contribution is 2.44. The molecule has 2 aromatic heterocycles. The van der Waals surface area contributed by atoms with Gasteiger partial charge in [-0.3, -0.25) is 9.78 Å². The first kappa shape index (κ1) is 28.0. The van der Waals surface area contributed by atoms with E-state index in [4.69, 9.17) is 12.2 Å². The molecule has 0 spiro atoms. The fraction of sp³-hybridized carbons (Fsp3) is 0.250. The van der Waals surface area contributed by atoms with Gasteiger partial charge in [0.15, 0.2) is 5.11 Å². The molecule has 4 aromatic rings. The maximum atomic E-state index is 12.0. The Morgan fingerprint density at radius 2 is 1.80 bits per heavy atom. The van der Waals surface area contributed by atoms with Crippen LogP contribution in [0.2, 0.25) is 0 Å². The average Bonchev–Trinajstić information content (AvgIpc) is 3.45. The topological polar surface area (TPSA) is 99.5 Å². The minimum atomic E-state index is -0.963. The number of hydrogen-bond acceptors (Lipinski definition) is 4. The smallest absolute Gasteiger partial charge is 0.335 e. The van der Waals surface area contributed by atoms with Crippen molar-refractivity contribution in [1.82, 2.24) is 14.9 Å². The summed E-state index contributed by atoms with van der Waals surface area (Å²) in [6.07, 6.45) is 2.18. The maximum Gasteiger partial charge on any atom is 0.335 e. The van der Waals surface area contributed by atoms with E-state index < -0.39 is 5.97 Å². The molecule has 2 aromatic carbocycles. The molecule has 41 heavy (non-hydrogen) atoms. The Balaban J connectivity index is 1.66. The summed E-state index contributed by atoms with van der Waals surface area (Å²) in [6, 6.07) is 18.6. The molecule has 1 aliphatic rings. The van der Waals surface area contributed by atoms with E-state index in [1.165, 1.54) is 0 Å². The molecule has 2 atom stereocenters. The van der Waals surface area contributed by atoms with Crippen LogP contribution in [0.3, 0.4) is 0 Å². The number of carbonyl (C=O) groups excluding carboxylic acids is 1. The van der Waals surface area contributed by atoms with E-state index in [2.05, 4.69) is 38.1 Å². The van der Waals surface area contributed by atoms with Crippen LogP contribution in [-0.2, 0) is 4.79 Å². The number of aryl methyl sites for hydroxylation is 3. The number of hydrogen-bond donors (Lipinski definition) is 3. The maximum absolute atomic E-state index is 12.0. The first-order chi connectivity index (χ1) is 19.6. The fourth-order valence-corrected chi connectivity index (χ4v) is 5.91. The minimum absolute atomic E-state index is 0.0398. The van der Waals surface area contributed by atoms with Gasteiger partial charge in [0, 0.05) is 41.1 Å². The average molecular weight is 568 g/mol. The van der Waals surface area contributed by atoms with Crippen LogP contribution in [0.25, 0.3) is 5.69 Å². The summed E-state index contributed by atoms with van der Waals surface area (Å²) in [4.78, 5) is 30.6. The van der Waals surface area contributed by atoms with E-state index in [1.54, 1.807) is 18.3 Å². The van der Waals surface area contributed by atoms with Crippen molar-refractivity contribution < 1.29 is 14.7 Å². The third-order valence-corrected chi connectivity index (χ3v) is 7.98. The lowest BCUT2D eigenvalue weighted by atomic mass is 9.96. The van der Waals surface area contributed by atoms with Crippen LogP contribution >= 0.6 is 12.2 Å². The largest absolute Gasteiger partial charge is 0.478 e. The first-order valence-corrected chi connectivity index (χ1v) is 14.0. The van der Waals surface area contributed by atoms with Gasteiger partial charge in [-0.2, -0.15) is 0 Å². The summed E-state index contributed by atoms with van der Waals surface area (Å²) in [6.45, 7) is 9.86. The number of carbonyl (C=O) groups is 2. The number of rotatable bonds is 7. The predicted molar refractivity (Wildman–Crippen MR) is 165 cm³/mol. The highest BCUT2D eigenvalue weighted by Gasteiger charge is 2.42. The van der Waals surface area contributed by atoms with Crippen molar-refractivity contribution in [3.63, 3.8) is 0 Å². The van der Waals surface area contributed by atoms with Crippen molar-refractivity contribution in [1.29, 1.82) is 0 Å². The minimum Gasteiger partial charge on any atom is -0.478 e. The molecule has 5 rings (SSSR count). The van der Waals surface area contributed by atoms with Crippen LogP contribution in [0.5, 0.6) is 0 Å². The van der Waals surface area contributed by atoms with Gasteiger partial charge < -0.3 is 25.2 Å². The number of nitrogens with one attached hydrogen (secondary N) is 2. The zero-order valence-electron chi connectivity index (χ0n) is 23.7. The number of carboxylic acid groups (broad SMARTS) is 1. The molecular formula is C32H33N5O3S. The van der Waals surface area contributed by atoms with Gasteiger partial charge in [0.1, 0.15) is 0 Å². The van der Waals surface area contributed by atoms with E-state index in [9.17, 15) is 14.7 Å². The highest BCUT2D eigenvalue weighted by atomic mass is 32.1. The predicted octanol–water partition coefficient (Wildman–Crippen LogP) is 6.33. The molecule has 0 bridgehead atoms. The van der Waals surface area contributed by atoms with E-state index in [1.807, 2.05) is 70.2 Å². The molecule has 2 unspecified atom stereocenters. The molecule has 0 aliphatic carbocycles. The lowest BCUT2D eigenvalue weighted by Gasteiger charge is -2.29. The standard InChI is InChI=1S/C32H33N5O3S/c1-6-28(38)34-25-13-12-23(15-19(25)3)37-30(29(35-32(37)41)26-9-7-8-14-33-26)24-16-20(4)36(21(24)5)27-17-22(31(39)40)11-10-18(27)2/h7-17,29-30H,6H2,1-5H3,(H,34,38)(H,35,41)(H,39,40).